The maximum atomic E-state index is 11.2. The molecule has 0 aliphatic heterocycles. The molecule has 0 saturated heterocycles. The minimum absolute atomic E-state index is 0.217. The van der Waals surface area contributed by atoms with Crippen LogP contribution in [0.5, 0.6) is 0 Å². The molecule has 0 atom stereocenters. The highest BCUT2D eigenvalue weighted by molar-refractivity contribution is 5.94. The minimum Gasteiger partial charge on any atom is -0.478 e. The number of aromatic carboxylic acids is 1. The summed E-state index contributed by atoms with van der Waals surface area (Å²) in [6.45, 7) is 2.97. The normalized spacial score (nSPS) is 10.4. The molecule has 0 saturated carbocycles. The van der Waals surface area contributed by atoms with E-state index in [1.54, 1.807) is 6.07 Å². The van der Waals surface area contributed by atoms with Gasteiger partial charge in [0.25, 0.3) is 0 Å². The number of hydrogen-bond donors (Lipinski definition) is 2. The summed E-state index contributed by atoms with van der Waals surface area (Å²) in [5.41, 5.74) is 2.15. The first-order valence-electron chi connectivity index (χ1n) is 6.22. The Labute approximate surface area is 108 Å². The van der Waals surface area contributed by atoms with Gasteiger partial charge in [-0.15, -0.1) is 0 Å². The summed E-state index contributed by atoms with van der Waals surface area (Å²) in [5.74, 6) is -0.896. The second-order valence-corrected chi connectivity index (χ2v) is 4.53. The summed E-state index contributed by atoms with van der Waals surface area (Å²) in [5, 5.41) is 17.9. The summed E-state index contributed by atoms with van der Waals surface area (Å²) in [6, 6.07) is 5.36. The van der Waals surface area contributed by atoms with Gasteiger partial charge in [-0.3, -0.25) is 0 Å². The van der Waals surface area contributed by atoms with Crippen molar-refractivity contribution in [1.29, 1.82) is 0 Å². The average molecular weight is 251 g/mol. The molecule has 18 heavy (non-hydrogen) atoms. The molecule has 1 rings (SSSR count). The molecule has 0 radical (unpaired) electrons. The third kappa shape index (κ3) is 4.04. The van der Waals surface area contributed by atoms with E-state index in [-0.39, 0.29) is 6.61 Å². The van der Waals surface area contributed by atoms with Crippen LogP contribution in [0.2, 0.25) is 0 Å². The molecule has 4 nitrogen and oxygen atoms in total. The lowest BCUT2D eigenvalue weighted by atomic mass is 10.1. The van der Waals surface area contributed by atoms with Crippen LogP contribution in [-0.4, -0.2) is 36.4 Å². The lowest BCUT2D eigenvalue weighted by molar-refractivity contribution is 0.0697. The van der Waals surface area contributed by atoms with Crippen molar-refractivity contribution in [3.05, 3.63) is 29.3 Å². The summed E-state index contributed by atoms with van der Waals surface area (Å²) >= 11 is 0. The largest absolute Gasteiger partial charge is 0.478 e. The number of aliphatic hydroxyl groups is 1. The van der Waals surface area contributed by atoms with E-state index >= 15 is 0 Å². The third-order valence-corrected chi connectivity index (χ3v) is 2.95. The van der Waals surface area contributed by atoms with Crippen molar-refractivity contribution in [2.75, 3.05) is 25.1 Å². The molecule has 0 bridgehead atoms. The standard InChI is InChI=1S/C14H21NO3/c1-11-6-7-12(14(17)18)13(10-11)15(2)8-4-3-5-9-16/h6-7,10,16H,3-5,8-9H2,1-2H3,(H,17,18). The Morgan fingerprint density at radius 1 is 1.28 bits per heavy atom. The molecule has 100 valence electrons. The molecule has 1 aromatic carbocycles. The van der Waals surface area contributed by atoms with Crippen molar-refractivity contribution >= 4 is 11.7 Å². The monoisotopic (exact) mass is 251 g/mol. The van der Waals surface area contributed by atoms with E-state index in [1.165, 1.54) is 0 Å². The maximum Gasteiger partial charge on any atom is 0.337 e. The van der Waals surface area contributed by atoms with E-state index in [2.05, 4.69) is 0 Å². The van der Waals surface area contributed by atoms with Crippen LogP contribution in [0, 0.1) is 6.92 Å². The van der Waals surface area contributed by atoms with Crippen LogP contribution < -0.4 is 4.90 Å². The number of nitrogens with zero attached hydrogens (tertiary/aromatic N) is 1. The van der Waals surface area contributed by atoms with E-state index in [9.17, 15) is 4.79 Å². The number of benzene rings is 1. The Morgan fingerprint density at radius 2 is 2.00 bits per heavy atom. The van der Waals surface area contributed by atoms with Gasteiger partial charge in [-0.1, -0.05) is 6.07 Å². The Morgan fingerprint density at radius 3 is 2.61 bits per heavy atom. The fraction of sp³-hybridized carbons (Fsp3) is 0.500. The molecular weight excluding hydrogens is 230 g/mol. The number of aryl methyl sites for hydroxylation is 1. The number of rotatable bonds is 7. The second-order valence-electron chi connectivity index (χ2n) is 4.53. The van der Waals surface area contributed by atoms with Gasteiger partial charge in [-0.05, 0) is 43.9 Å². The lowest BCUT2D eigenvalue weighted by Gasteiger charge is -2.21. The van der Waals surface area contributed by atoms with Crippen molar-refractivity contribution in [2.45, 2.75) is 26.2 Å². The van der Waals surface area contributed by atoms with E-state index in [4.69, 9.17) is 10.2 Å². The lowest BCUT2D eigenvalue weighted by Crippen LogP contribution is -2.21. The Hall–Kier alpha value is -1.55. The van der Waals surface area contributed by atoms with Crippen molar-refractivity contribution in [3.63, 3.8) is 0 Å². The van der Waals surface area contributed by atoms with Gasteiger partial charge in [-0.2, -0.15) is 0 Å². The molecule has 4 heteroatoms. The first-order chi connectivity index (χ1) is 8.56. The number of carbonyl (C=O) groups is 1. The highest BCUT2D eigenvalue weighted by atomic mass is 16.4. The summed E-state index contributed by atoms with van der Waals surface area (Å²) < 4.78 is 0. The van der Waals surface area contributed by atoms with Gasteiger partial charge in [0.2, 0.25) is 0 Å². The Balaban J connectivity index is 2.74. The zero-order valence-corrected chi connectivity index (χ0v) is 11.0. The van der Waals surface area contributed by atoms with Gasteiger partial charge in [0.1, 0.15) is 0 Å². The van der Waals surface area contributed by atoms with Gasteiger partial charge in [0, 0.05) is 20.2 Å². The van der Waals surface area contributed by atoms with Gasteiger partial charge >= 0.3 is 5.97 Å². The highest BCUT2D eigenvalue weighted by Gasteiger charge is 2.13. The molecule has 0 spiro atoms. The van der Waals surface area contributed by atoms with Crippen LogP contribution in [0.15, 0.2) is 18.2 Å². The number of anilines is 1. The van der Waals surface area contributed by atoms with E-state index in [1.807, 2.05) is 31.0 Å². The number of hydrogen-bond acceptors (Lipinski definition) is 3. The molecule has 1 aromatic rings. The first kappa shape index (κ1) is 14.5. The minimum atomic E-state index is -0.896. The van der Waals surface area contributed by atoms with E-state index in [0.717, 1.165) is 37.1 Å². The Bertz CT molecular complexity index is 404. The van der Waals surface area contributed by atoms with Crippen LogP contribution in [-0.2, 0) is 0 Å². The van der Waals surface area contributed by atoms with Crippen LogP contribution in [0.4, 0.5) is 5.69 Å². The van der Waals surface area contributed by atoms with Gasteiger partial charge < -0.3 is 15.1 Å². The number of carboxylic acids is 1. The Kier molecular flexibility index (Phi) is 5.65. The first-order valence-corrected chi connectivity index (χ1v) is 6.22. The number of carboxylic acid groups (broad SMARTS) is 1. The summed E-state index contributed by atoms with van der Waals surface area (Å²) in [6.07, 6.45) is 2.70. The quantitative estimate of drug-likeness (QED) is 0.730. The van der Waals surface area contributed by atoms with E-state index < -0.39 is 5.97 Å². The topological polar surface area (TPSA) is 60.8 Å². The predicted octanol–water partition coefficient (Wildman–Crippen LogP) is 2.29. The fourth-order valence-corrected chi connectivity index (χ4v) is 1.90. The SMILES string of the molecule is Cc1ccc(C(=O)O)c(N(C)CCCCCO)c1. The van der Waals surface area contributed by atoms with Crippen molar-refractivity contribution in [3.8, 4) is 0 Å². The summed E-state index contributed by atoms with van der Waals surface area (Å²) in [4.78, 5) is 13.1. The third-order valence-electron chi connectivity index (χ3n) is 2.95. The summed E-state index contributed by atoms with van der Waals surface area (Å²) in [7, 11) is 1.90. The van der Waals surface area contributed by atoms with E-state index in [0.29, 0.717) is 5.56 Å². The number of aliphatic hydroxyl groups excluding tert-OH is 1. The van der Waals surface area contributed by atoms with Gasteiger partial charge in [0.15, 0.2) is 0 Å². The second kappa shape index (κ2) is 7.01. The predicted molar refractivity (Wildman–Crippen MR) is 72.3 cm³/mol. The van der Waals surface area contributed by atoms with Crippen LogP contribution >= 0.6 is 0 Å². The zero-order chi connectivity index (χ0) is 13.5. The van der Waals surface area contributed by atoms with Crippen molar-refractivity contribution in [1.82, 2.24) is 0 Å². The highest BCUT2D eigenvalue weighted by Crippen LogP contribution is 2.21. The molecule has 0 aliphatic carbocycles. The molecular formula is C14H21NO3. The molecule has 0 heterocycles. The maximum absolute atomic E-state index is 11.2. The van der Waals surface area contributed by atoms with Gasteiger partial charge in [0.05, 0.1) is 11.3 Å². The average Bonchev–Trinajstić information content (AvgIpc) is 2.34. The molecule has 0 unspecified atom stereocenters. The molecule has 0 aromatic heterocycles. The number of unbranched alkanes of at least 4 members (excludes halogenated alkanes) is 2. The molecule has 0 fully saturated rings. The zero-order valence-electron chi connectivity index (χ0n) is 11.0. The van der Waals surface area contributed by atoms with Crippen molar-refractivity contribution in [2.24, 2.45) is 0 Å². The smallest absolute Gasteiger partial charge is 0.337 e. The fourth-order valence-electron chi connectivity index (χ4n) is 1.90. The molecule has 2 N–H and O–H groups in total. The molecule has 0 amide bonds. The van der Waals surface area contributed by atoms with Crippen LogP contribution in [0.3, 0.4) is 0 Å². The van der Waals surface area contributed by atoms with Crippen molar-refractivity contribution < 1.29 is 15.0 Å². The van der Waals surface area contributed by atoms with Gasteiger partial charge in [-0.25, -0.2) is 4.79 Å². The van der Waals surface area contributed by atoms with Crippen LogP contribution in [0.25, 0.3) is 0 Å². The molecule has 0 aliphatic rings. The van der Waals surface area contributed by atoms with Crippen LogP contribution in [0.1, 0.15) is 35.2 Å².